The lowest BCUT2D eigenvalue weighted by molar-refractivity contribution is -0.0399. The molecule has 3 atom stereocenters. The maximum Gasteiger partial charge on any atom is 0.192 e. The first kappa shape index (κ1) is 17.1. The highest BCUT2D eigenvalue weighted by Crippen LogP contribution is 2.38. The molecule has 0 spiro atoms. The Hall–Kier alpha value is 0.0969. The van der Waals surface area contributed by atoms with Crippen LogP contribution in [0.2, 0.25) is 18.1 Å². The molecule has 3 nitrogen and oxygen atoms in total. The van der Waals surface area contributed by atoms with Crippen molar-refractivity contribution in [3.05, 3.63) is 0 Å². The fourth-order valence-electron chi connectivity index (χ4n) is 1.70. The van der Waals surface area contributed by atoms with Gasteiger partial charge in [-0.1, -0.05) is 27.7 Å². The smallest absolute Gasteiger partial charge is 0.192 e. The molecule has 0 fully saturated rings. The first-order valence-electron chi connectivity index (χ1n) is 6.38. The van der Waals surface area contributed by atoms with Gasteiger partial charge in [0.25, 0.3) is 0 Å². The van der Waals surface area contributed by atoms with Crippen molar-refractivity contribution in [2.24, 2.45) is 5.92 Å². The van der Waals surface area contributed by atoms with E-state index >= 15 is 0 Å². The van der Waals surface area contributed by atoms with Gasteiger partial charge in [0.2, 0.25) is 0 Å². The largest absolute Gasteiger partial charge is 0.412 e. The summed E-state index contributed by atoms with van der Waals surface area (Å²) < 4.78 is 11.7. The van der Waals surface area contributed by atoms with Crippen LogP contribution in [0.15, 0.2) is 0 Å². The molecule has 0 radical (unpaired) electrons. The lowest BCUT2D eigenvalue weighted by atomic mass is 10.0. The molecular weight excluding hydrogens is 232 g/mol. The topological polar surface area (TPSA) is 38.7 Å². The third kappa shape index (κ3) is 4.70. The van der Waals surface area contributed by atoms with Crippen LogP contribution in [0.4, 0.5) is 0 Å². The van der Waals surface area contributed by atoms with Gasteiger partial charge in [-0.25, -0.2) is 0 Å². The average molecular weight is 262 g/mol. The number of aliphatic hydroxyl groups excluding tert-OH is 1. The minimum atomic E-state index is -1.77. The minimum absolute atomic E-state index is 0.0167. The monoisotopic (exact) mass is 262 g/mol. The molecule has 0 heterocycles. The Balaban J connectivity index is 4.67. The number of rotatable bonds is 6. The molecule has 0 aliphatic rings. The molecule has 0 aromatic heterocycles. The Kier molecular flexibility index (Phi) is 6.35. The molecule has 0 saturated heterocycles. The SMILES string of the molecule is CO[C@H]([C@H](C)CO)[C@H](C)O[Si](C)(C)C(C)(C)C. The zero-order chi connectivity index (χ0) is 13.9. The minimum Gasteiger partial charge on any atom is -0.412 e. The maximum atomic E-state index is 9.22. The molecule has 0 rings (SSSR count). The zero-order valence-corrected chi connectivity index (χ0v) is 13.7. The van der Waals surface area contributed by atoms with Crippen LogP contribution >= 0.6 is 0 Å². The number of methoxy groups -OCH3 is 1. The Labute approximate surface area is 108 Å². The second-order valence-corrected chi connectivity index (χ2v) is 11.2. The predicted octanol–water partition coefficient (Wildman–Crippen LogP) is 3.04. The molecule has 0 bridgehead atoms. The molecule has 104 valence electrons. The van der Waals surface area contributed by atoms with Crippen LogP contribution < -0.4 is 0 Å². The predicted molar refractivity (Wildman–Crippen MR) is 74.8 cm³/mol. The van der Waals surface area contributed by atoms with Crippen LogP contribution in [0.1, 0.15) is 34.6 Å². The second-order valence-electron chi connectivity index (χ2n) is 6.44. The van der Waals surface area contributed by atoms with Crippen LogP contribution in [0.5, 0.6) is 0 Å². The normalized spacial score (nSPS) is 18.9. The Morgan fingerprint density at radius 2 is 1.65 bits per heavy atom. The van der Waals surface area contributed by atoms with E-state index in [2.05, 4.69) is 33.9 Å². The lowest BCUT2D eigenvalue weighted by Crippen LogP contribution is -2.48. The average Bonchev–Trinajstić information content (AvgIpc) is 2.15. The Morgan fingerprint density at radius 1 is 1.18 bits per heavy atom. The summed E-state index contributed by atoms with van der Waals surface area (Å²) in [5.41, 5.74) is 0. The lowest BCUT2D eigenvalue weighted by Gasteiger charge is -2.41. The molecule has 0 aliphatic heterocycles. The van der Waals surface area contributed by atoms with Crippen LogP contribution in [-0.2, 0) is 9.16 Å². The van der Waals surface area contributed by atoms with E-state index in [4.69, 9.17) is 9.16 Å². The molecule has 0 aromatic carbocycles. The summed E-state index contributed by atoms with van der Waals surface area (Å²) in [4.78, 5) is 0. The standard InChI is InChI=1S/C13H30O3Si/c1-10(9-14)12(15-6)11(2)16-17(7,8)13(3,4)5/h10-12,14H,9H2,1-8H3/t10-,11+,12-/m1/s1. The van der Waals surface area contributed by atoms with E-state index < -0.39 is 8.32 Å². The highest BCUT2D eigenvalue weighted by atomic mass is 28.4. The maximum absolute atomic E-state index is 9.22. The van der Waals surface area contributed by atoms with E-state index in [-0.39, 0.29) is 29.8 Å². The van der Waals surface area contributed by atoms with Crippen molar-refractivity contribution in [3.63, 3.8) is 0 Å². The molecule has 17 heavy (non-hydrogen) atoms. The second kappa shape index (κ2) is 6.32. The molecule has 0 amide bonds. The van der Waals surface area contributed by atoms with Gasteiger partial charge in [0.1, 0.15) is 0 Å². The van der Waals surface area contributed by atoms with Gasteiger partial charge < -0.3 is 14.3 Å². The van der Waals surface area contributed by atoms with Crippen molar-refractivity contribution in [2.75, 3.05) is 13.7 Å². The van der Waals surface area contributed by atoms with E-state index in [1.807, 2.05) is 13.8 Å². The summed E-state index contributed by atoms with van der Waals surface area (Å²) in [6.45, 7) is 15.3. The van der Waals surface area contributed by atoms with E-state index in [1.165, 1.54) is 0 Å². The number of ether oxygens (including phenoxy) is 1. The highest BCUT2D eigenvalue weighted by Gasteiger charge is 2.40. The van der Waals surface area contributed by atoms with Gasteiger partial charge in [-0.15, -0.1) is 0 Å². The Morgan fingerprint density at radius 3 is 1.94 bits per heavy atom. The van der Waals surface area contributed by atoms with Gasteiger partial charge >= 0.3 is 0 Å². The molecule has 0 aliphatic carbocycles. The molecule has 0 aromatic rings. The molecule has 0 saturated carbocycles. The van der Waals surface area contributed by atoms with Gasteiger partial charge in [-0.3, -0.25) is 0 Å². The van der Waals surface area contributed by atoms with Crippen molar-refractivity contribution in [2.45, 2.75) is 65.0 Å². The first-order chi connectivity index (χ1) is 7.56. The van der Waals surface area contributed by atoms with E-state index in [9.17, 15) is 5.11 Å². The van der Waals surface area contributed by atoms with Gasteiger partial charge in [0, 0.05) is 19.6 Å². The first-order valence-corrected chi connectivity index (χ1v) is 9.29. The van der Waals surface area contributed by atoms with E-state index in [0.717, 1.165) is 0 Å². The van der Waals surface area contributed by atoms with Gasteiger partial charge in [-0.05, 0) is 25.1 Å². The fraction of sp³-hybridized carbons (Fsp3) is 1.00. The van der Waals surface area contributed by atoms with Crippen LogP contribution in [-0.4, -0.2) is 39.3 Å². The number of hydrogen-bond donors (Lipinski definition) is 1. The summed E-state index contributed by atoms with van der Waals surface area (Å²) in [6.07, 6.45) is -0.0304. The van der Waals surface area contributed by atoms with E-state index in [0.29, 0.717) is 0 Å². The third-order valence-electron chi connectivity index (χ3n) is 3.87. The van der Waals surface area contributed by atoms with Crippen molar-refractivity contribution < 1.29 is 14.3 Å². The summed E-state index contributed by atoms with van der Waals surface area (Å²) in [7, 11) is -0.0844. The number of aliphatic hydroxyl groups is 1. The molecule has 4 heteroatoms. The van der Waals surface area contributed by atoms with Gasteiger partial charge in [-0.2, -0.15) is 0 Å². The summed E-state index contributed by atoms with van der Waals surface area (Å²) in [5, 5.41) is 9.42. The summed E-state index contributed by atoms with van der Waals surface area (Å²) in [6, 6.07) is 0. The highest BCUT2D eigenvalue weighted by molar-refractivity contribution is 6.74. The van der Waals surface area contributed by atoms with E-state index in [1.54, 1.807) is 7.11 Å². The van der Waals surface area contributed by atoms with Crippen LogP contribution in [0, 0.1) is 5.92 Å². The van der Waals surface area contributed by atoms with Crippen LogP contribution in [0.3, 0.4) is 0 Å². The summed E-state index contributed by atoms with van der Waals surface area (Å²) >= 11 is 0. The summed E-state index contributed by atoms with van der Waals surface area (Å²) in [5.74, 6) is 0.0970. The van der Waals surface area contributed by atoms with Gasteiger partial charge in [0.05, 0.1) is 12.2 Å². The Bertz CT molecular complexity index is 223. The molecule has 0 unspecified atom stereocenters. The quantitative estimate of drug-likeness (QED) is 0.748. The van der Waals surface area contributed by atoms with Crippen molar-refractivity contribution in [3.8, 4) is 0 Å². The number of hydrogen-bond acceptors (Lipinski definition) is 3. The third-order valence-corrected chi connectivity index (χ3v) is 8.44. The zero-order valence-electron chi connectivity index (χ0n) is 12.7. The van der Waals surface area contributed by atoms with Crippen LogP contribution in [0.25, 0.3) is 0 Å². The van der Waals surface area contributed by atoms with Crippen molar-refractivity contribution >= 4 is 8.32 Å². The van der Waals surface area contributed by atoms with Crippen molar-refractivity contribution in [1.29, 1.82) is 0 Å². The van der Waals surface area contributed by atoms with Gasteiger partial charge in [0.15, 0.2) is 8.32 Å². The molecule has 1 N–H and O–H groups in total. The molecular formula is C13H30O3Si. The van der Waals surface area contributed by atoms with Crippen molar-refractivity contribution in [1.82, 2.24) is 0 Å². The fourth-order valence-corrected chi connectivity index (χ4v) is 3.12.